The van der Waals surface area contributed by atoms with Gasteiger partial charge in [-0.25, -0.2) is 0 Å². The smallest absolute Gasteiger partial charge is 0.0541 e. The summed E-state index contributed by atoms with van der Waals surface area (Å²) < 4.78 is 2.39. The van der Waals surface area contributed by atoms with Gasteiger partial charge in [-0.3, -0.25) is 0 Å². The van der Waals surface area contributed by atoms with E-state index in [0.717, 1.165) is 5.69 Å². The summed E-state index contributed by atoms with van der Waals surface area (Å²) in [6.07, 6.45) is 0. The molecule has 1 nitrogen and oxygen atoms in total. The standard InChI is InChI=1S/C64H45N/c1-42-19-35-56-59(38-42)63(50-28-24-46(25-29-50)44-12-6-3-7-13-44)55-34-18-43(2)39-60(55)64(56)51-30-26-48(27-31-51)47-20-22-49(23-21-47)53-33-37-62-58(41-53)57-40-52(45-14-8-4-9-15-45)32-36-61(57)65(62)54-16-10-5-11-17-54/h3-41H,1-2H3. The molecule has 0 spiro atoms. The van der Waals surface area contributed by atoms with Gasteiger partial charge in [0.15, 0.2) is 0 Å². The maximum absolute atomic E-state index is 2.39. The lowest BCUT2D eigenvalue weighted by atomic mass is 9.84. The van der Waals surface area contributed by atoms with E-state index < -0.39 is 0 Å². The monoisotopic (exact) mass is 827 g/mol. The van der Waals surface area contributed by atoms with E-state index in [4.69, 9.17) is 0 Å². The Morgan fingerprint density at radius 1 is 0.231 bits per heavy atom. The first-order valence-electron chi connectivity index (χ1n) is 22.6. The van der Waals surface area contributed by atoms with Crippen LogP contribution >= 0.6 is 0 Å². The zero-order valence-corrected chi connectivity index (χ0v) is 36.5. The number of hydrogen-bond acceptors (Lipinski definition) is 0. The molecule has 0 N–H and O–H groups in total. The van der Waals surface area contributed by atoms with Gasteiger partial charge >= 0.3 is 0 Å². The second-order valence-electron chi connectivity index (χ2n) is 17.4. The Kier molecular flexibility index (Phi) is 9.35. The molecule has 12 aromatic rings. The normalized spacial score (nSPS) is 11.5. The Labute approximate surface area is 380 Å². The Morgan fingerprint density at radius 3 is 0.969 bits per heavy atom. The van der Waals surface area contributed by atoms with Gasteiger partial charge in [0.1, 0.15) is 0 Å². The van der Waals surface area contributed by atoms with Crippen molar-refractivity contribution in [3.8, 4) is 72.4 Å². The van der Waals surface area contributed by atoms with Gasteiger partial charge in [0.25, 0.3) is 0 Å². The number of para-hydroxylation sites is 1. The molecule has 0 atom stereocenters. The highest BCUT2D eigenvalue weighted by molar-refractivity contribution is 6.21. The molecule has 1 heteroatoms. The summed E-state index contributed by atoms with van der Waals surface area (Å²) >= 11 is 0. The summed E-state index contributed by atoms with van der Waals surface area (Å²) in [6, 6.07) is 87.1. The first kappa shape index (κ1) is 38.4. The van der Waals surface area contributed by atoms with Gasteiger partial charge in [-0.2, -0.15) is 0 Å². The Bertz CT molecular complexity index is 3710. The summed E-state index contributed by atoms with van der Waals surface area (Å²) in [4.78, 5) is 0. The maximum atomic E-state index is 2.39. The third-order valence-corrected chi connectivity index (χ3v) is 13.3. The van der Waals surface area contributed by atoms with E-state index >= 15 is 0 Å². The fraction of sp³-hybridized carbons (Fsp3) is 0.0312. The fourth-order valence-corrected chi connectivity index (χ4v) is 10.1. The molecular formula is C64H45N. The average molecular weight is 828 g/mol. The molecule has 306 valence electrons. The number of fused-ring (bicyclic) bond motifs is 5. The topological polar surface area (TPSA) is 4.93 Å². The molecule has 12 rings (SSSR count). The van der Waals surface area contributed by atoms with Crippen LogP contribution < -0.4 is 0 Å². The summed E-state index contributed by atoms with van der Waals surface area (Å²) in [5.41, 5.74) is 20.8. The second-order valence-corrected chi connectivity index (χ2v) is 17.4. The van der Waals surface area contributed by atoms with Gasteiger partial charge in [-0.15, -0.1) is 0 Å². The van der Waals surface area contributed by atoms with Gasteiger partial charge in [0.2, 0.25) is 0 Å². The largest absolute Gasteiger partial charge is 0.309 e. The van der Waals surface area contributed by atoms with Crippen molar-refractivity contribution in [2.24, 2.45) is 0 Å². The number of benzene rings is 11. The molecule has 0 amide bonds. The van der Waals surface area contributed by atoms with E-state index in [1.165, 1.54) is 121 Å². The summed E-state index contributed by atoms with van der Waals surface area (Å²) in [5, 5.41) is 7.60. The van der Waals surface area contributed by atoms with Crippen LogP contribution in [0.2, 0.25) is 0 Å². The number of rotatable bonds is 7. The Hall–Kier alpha value is -8.26. The summed E-state index contributed by atoms with van der Waals surface area (Å²) in [7, 11) is 0. The highest BCUT2D eigenvalue weighted by Gasteiger charge is 2.19. The predicted octanol–water partition coefficient (Wildman–Crippen LogP) is 17.7. The van der Waals surface area contributed by atoms with Crippen molar-refractivity contribution in [2.75, 3.05) is 0 Å². The molecule has 11 aromatic carbocycles. The van der Waals surface area contributed by atoms with Crippen LogP contribution in [0.3, 0.4) is 0 Å². The molecule has 0 fully saturated rings. The highest BCUT2D eigenvalue weighted by Crippen LogP contribution is 2.45. The summed E-state index contributed by atoms with van der Waals surface area (Å²) in [5.74, 6) is 0. The van der Waals surface area contributed by atoms with Gasteiger partial charge in [-0.1, -0.05) is 211 Å². The van der Waals surface area contributed by atoms with Gasteiger partial charge in [0, 0.05) is 16.5 Å². The molecule has 0 aliphatic heterocycles. The van der Waals surface area contributed by atoms with Crippen LogP contribution in [0.4, 0.5) is 0 Å². The Morgan fingerprint density at radius 2 is 0.554 bits per heavy atom. The van der Waals surface area contributed by atoms with Crippen molar-refractivity contribution in [2.45, 2.75) is 13.8 Å². The minimum absolute atomic E-state index is 1.16. The van der Waals surface area contributed by atoms with Gasteiger partial charge in [-0.05, 0) is 139 Å². The molecule has 0 aliphatic carbocycles. The van der Waals surface area contributed by atoms with Crippen molar-refractivity contribution in [3.63, 3.8) is 0 Å². The average Bonchev–Trinajstić information content (AvgIpc) is 3.69. The van der Waals surface area contributed by atoms with Crippen LogP contribution in [-0.4, -0.2) is 4.57 Å². The molecule has 1 aromatic heterocycles. The van der Waals surface area contributed by atoms with Crippen LogP contribution in [0.25, 0.3) is 116 Å². The van der Waals surface area contributed by atoms with Crippen molar-refractivity contribution in [1.82, 2.24) is 4.57 Å². The number of hydrogen-bond donors (Lipinski definition) is 0. The van der Waals surface area contributed by atoms with E-state index in [9.17, 15) is 0 Å². The van der Waals surface area contributed by atoms with Crippen LogP contribution in [0.1, 0.15) is 11.1 Å². The van der Waals surface area contributed by atoms with Gasteiger partial charge in [0.05, 0.1) is 11.0 Å². The predicted molar refractivity (Wildman–Crippen MR) is 278 cm³/mol. The van der Waals surface area contributed by atoms with Crippen molar-refractivity contribution >= 4 is 43.4 Å². The van der Waals surface area contributed by atoms with E-state index in [1.54, 1.807) is 0 Å². The molecule has 0 saturated carbocycles. The SMILES string of the molecule is Cc1ccc2c(-c3ccc(-c4ccc(-c5ccc6c(c5)c5cc(-c7ccccc7)ccc5n6-c5ccccc5)cc4)cc3)c3cc(C)ccc3c(-c3ccc(-c4ccccc4)cc3)c2c1. The van der Waals surface area contributed by atoms with Crippen LogP contribution in [-0.2, 0) is 0 Å². The first-order valence-corrected chi connectivity index (χ1v) is 22.6. The van der Waals surface area contributed by atoms with E-state index in [2.05, 4.69) is 255 Å². The lowest BCUT2D eigenvalue weighted by molar-refractivity contribution is 1.18. The van der Waals surface area contributed by atoms with Crippen molar-refractivity contribution in [1.29, 1.82) is 0 Å². The van der Waals surface area contributed by atoms with Gasteiger partial charge < -0.3 is 4.57 Å². The molecule has 1 heterocycles. The van der Waals surface area contributed by atoms with Crippen molar-refractivity contribution in [3.05, 3.63) is 248 Å². The first-order chi connectivity index (χ1) is 32.0. The molecule has 0 bridgehead atoms. The Balaban J connectivity index is 0.909. The highest BCUT2D eigenvalue weighted by atomic mass is 15.0. The van der Waals surface area contributed by atoms with E-state index in [1.807, 2.05) is 0 Å². The lowest BCUT2D eigenvalue weighted by Crippen LogP contribution is -1.93. The molecule has 0 saturated heterocycles. The zero-order valence-electron chi connectivity index (χ0n) is 36.5. The van der Waals surface area contributed by atoms with E-state index in [0.29, 0.717) is 0 Å². The maximum Gasteiger partial charge on any atom is 0.0541 e. The zero-order chi connectivity index (χ0) is 43.4. The lowest BCUT2D eigenvalue weighted by Gasteiger charge is -2.19. The minimum atomic E-state index is 1.16. The van der Waals surface area contributed by atoms with Crippen molar-refractivity contribution < 1.29 is 0 Å². The minimum Gasteiger partial charge on any atom is -0.309 e. The molecule has 0 aliphatic rings. The van der Waals surface area contributed by atoms with Crippen LogP contribution in [0.5, 0.6) is 0 Å². The third kappa shape index (κ3) is 6.81. The second kappa shape index (κ2) is 15.8. The molecule has 0 radical (unpaired) electrons. The quantitative estimate of drug-likeness (QED) is 0.141. The number of aromatic nitrogens is 1. The summed E-state index contributed by atoms with van der Waals surface area (Å²) in [6.45, 7) is 4.40. The number of aryl methyl sites for hydroxylation is 2. The van der Waals surface area contributed by atoms with E-state index in [-0.39, 0.29) is 0 Å². The van der Waals surface area contributed by atoms with Crippen LogP contribution in [0, 0.1) is 13.8 Å². The fourth-order valence-electron chi connectivity index (χ4n) is 10.1. The third-order valence-electron chi connectivity index (χ3n) is 13.3. The number of nitrogens with zero attached hydrogens (tertiary/aromatic N) is 1. The van der Waals surface area contributed by atoms with Crippen LogP contribution in [0.15, 0.2) is 237 Å². The molecule has 65 heavy (non-hydrogen) atoms. The molecule has 0 unspecified atom stereocenters. The molecular weight excluding hydrogens is 783 g/mol.